The number of halogens is 4. The number of alkyl halides is 3. The van der Waals surface area contributed by atoms with Gasteiger partial charge in [-0.3, -0.25) is 0 Å². The van der Waals surface area contributed by atoms with Crippen LogP contribution < -0.4 is 4.74 Å². The summed E-state index contributed by atoms with van der Waals surface area (Å²) in [6.07, 6.45) is -3.86. The maximum absolute atomic E-state index is 12.4. The Morgan fingerprint density at radius 3 is 2.70 bits per heavy atom. The van der Waals surface area contributed by atoms with Gasteiger partial charge in [-0.1, -0.05) is 11.6 Å². The van der Waals surface area contributed by atoms with Crippen LogP contribution >= 0.6 is 11.6 Å². The van der Waals surface area contributed by atoms with Crippen molar-refractivity contribution < 1.29 is 27.8 Å². The van der Waals surface area contributed by atoms with Crippen molar-refractivity contribution in [3.8, 4) is 11.7 Å². The molecule has 1 N–H and O–H groups in total. The third kappa shape index (κ3) is 3.24. The zero-order valence-electron chi connectivity index (χ0n) is 11.3. The molecule has 2 heterocycles. The average Bonchev–Trinajstić information content (AvgIpc) is 3.07. The van der Waals surface area contributed by atoms with Crippen LogP contribution in [0.15, 0.2) is 24.4 Å². The summed E-state index contributed by atoms with van der Waals surface area (Å²) in [5, 5.41) is 12.6. The molecule has 6 nitrogen and oxygen atoms in total. The van der Waals surface area contributed by atoms with E-state index in [1.165, 1.54) is 29.1 Å². The van der Waals surface area contributed by atoms with Gasteiger partial charge in [0.05, 0.1) is 11.5 Å². The molecule has 0 radical (unpaired) electrons. The molecule has 0 bridgehead atoms. The molecule has 10 heteroatoms. The Morgan fingerprint density at radius 1 is 1.39 bits per heavy atom. The summed E-state index contributed by atoms with van der Waals surface area (Å²) in [7, 11) is 0. The highest BCUT2D eigenvalue weighted by Gasteiger charge is 2.57. The number of rotatable bonds is 4. The largest absolute Gasteiger partial charge is 0.478 e. The standard InChI is InChI=1S/C13H9ClF3N3O3/c14-11-6(12(21)22)1-2-9(18-11)20-4-3-10(19-20)23-8-5-7(8)13(15,16)17/h1-4,7-8H,5H2,(H,21,22)/t7-,8-/m1/s1. The molecule has 0 saturated heterocycles. The van der Waals surface area contributed by atoms with E-state index < -0.39 is 24.2 Å². The van der Waals surface area contributed by atoms with Crippen molar-refractivity contribution in [2.24, 2.45) is 5.92 Å². The Kier molecular flexibility index (Phi) is 3.67. The summed E-state index contributed by atoms with van der Waals surface area (Å²) < 4.78 is 43.7. The minimum absolute atomic E-state index is 0.0296. The normalized spacial score (nSPS) is 20.3. The fourth-order valence-corrected chi connectivity index (χ4v) is 2.24. The van der Waals surface area contributed by atoms with Gasteiger partial charge in [-0.15, -0.1) is 5.10 Å². The Balaban J connectivity index is 1.73. The van der Waals surface area contributed by atoms with Gasteiger partial charge in [0.2, 0.25) is 5.88 Å². The number of pyridine rings is 1. The van der Waals surface area contributed by atoms with E-state index in [9.17, 15) is 18.0 Å². The third-order valence-electron chi connectivity index (χ3n) is 3.29. The quantitative estimate of drug-likeness (QED) is 0.860. The number of hydrogen-bond acceptors (Lipinski definition) is 4. The summed E-state index contributed by atoms with van der Waals surface area (Å²) in [6, 6.07) is 4.03. The lowest BCUT2D eigenvalue weighted by molar-refractivity contribution is -0.153. The molecular formula is C13H9ClF3N3O3. The zero-order chi connectivity index (χ0) is 16.8. The van der Waals surface area contributed by atoms with E-state index in [2.05, 4.69) is 10.1 Å². The van der Waals surface area contributed by atoms with E-state index in [4.69, 9.17) is 21.4 Å². The Hall–Kier alpha value is -2.29. The van der Waals surface area contributed by atoms with Gasteiger partial charge in [-0.25, -0.2) is 14.5 Å². The molecule has 23 heavy (non-hydrogen) atoms. The molecule has 0 aliphatic heterocycles. The first-order valence-electron chi connectivity index (χ1n) is 6.45. The molecule has 0 unspecified atom stereocenters. The highest BCUT2D eigenvalue weighted by atomic mass is 35.5. The SMILES string of the molecule is O=C(O)c1ccc(-n2ccc(O[C@@H]3C[C@H]3C(F)(F)F)n2)nc1Cl. The Morgan fingerprint density at radius 2 is 2.13 bits per heavy atom. The molecule has 3 rings (SSSR count). The second kappa shape index (κ2) is 5.41. The van der Waals surface area contributed by atoms with E-state index in [-0.39, 0.29) is 28.8 Å². The molecular weight excluding hydrogens is 339 g/mol. The molecule has 0 aromatic carbocycles. The van der Waals surface area contributed by atoms with Crippen LogP contribution in [0.5, 0.6) is 5.88 Å². The molecule has 1 saturated carbocycles. The number of nitrogens with zero attached hydrogens (tertiary/aromatic N) is 3. The molecule has 2 atom stereocenters. The first kappa shape index (κ1) is 15.6. The molecule has 2 aromatic heterocycles. The first-order valence-corrected chi connectivity index (χ1v) is 6.83. The lowest BCUT2D eigenvalue weighted by atomic mass is 10.3. The summed E-state index contributed by atoms with van der Waals surface area (Å²) in [5.74, 6) is -2.43. The second-order valence-electron chi connectivity index (χ2n) is 4.95. The van der Waals surface area contributed by atoms with Crippen molar-refractivity contribution in [3.05, 3.63) is 35.1 Å². The van der Waals surface area contributed by atoms with Crippen molar-refractivity contribution in [2.75, 3.05) is 0 Å². The summed E-state index contributed by atoms with van der Waals surface area (Å²) in [4.78, 5) is 14.7. The van der Waals surface area contributed by atoms with Crippen LogP contribution in [0.4, 0.5) is 13.2 Å². The predicted molar refractivity (Wildman–Crippen MR) is 71.9 cm³/mol. The van der Waals surface area contributed by atoms with Gasteiger partial charge in [0.15, 0.2) is 5.82 Å². The maximum atomic E-state index is 12.4. The lowest BCUT2D eigenvalue weighted by Gasteiger charge is -2.06. The monoisotopic (exact) mass is 347 g/mol. The van der Waals surface area contributed by atoms with Gasteiger partial charge in [0.25, 0.3) is 0 Å². The molecule has 1 aliphatic carbocycles. The number of carboxylic acid groups (broad SMARTS) is 1. The summed E-state index contributed by atoms with van der Waals surface area (Å²) in [6.45, 7) is 0. The van der Waals surface area contributed by atoms with Crippen LogP contribution in [0.1, 0.15) is 16.8 Å². The predicted octanol–water partition coefficient (Wildman–Crippen LogP) is 2.95. The van der Waals surface area contributed by atoms with Gasteiger partial charge < -0.3 is 9.84 Å². The number of ether oxygens (including phenoxy) is 1. The number of carbonyl (C=O) groups is 1. The highest BCUT2D eigenvalue weighted by molar-refractivity contribution is 6.32. The highest BCUT2D eigenvalue weighted by Crippen LogP contribution is 2.46. The van der Waals surface area contributed by atoms with Crippen LogP contribution in [0.25, 0.3) is 5.82 Å². The fraction of sp³-hybridized carbons (Fsp3) is 0.308. The molecule has 122 valence electrons. The lowest BCUT2D eigenvalue weighted by Crippen LogP contribution is -2.16. The second-order valence-corrected chi connectivity index (χ2v) is 5.31. The summed E-state index contributed by atoms with van der Waals surface area (Å²) >= 11 is 5.76. The molecule has 2 aromatic rings. The maximum Gasteiger partial charge on any atom is 0.395 e. The molecule has 1 fully saturated rings. The average molecular weight is 348 g/mol. The van der Waals surface area contributed by atoms with Gasteiger partial charge >= 0.3 is 12.1 Å². The summed E-state index contributed by atoms with van der Waals surface area (Å²) in [5.41, 5.74) is -0.162. The molecule has 0 amide bonds. The van der Waals surface area contributed by atoms with E-state index in [0.717, 1.165) is 0 Å². The van der Waals surface area contributed by atoms with Crippen molar-refractivity contribution >= 4 is 17.6 Å². The number of aromatic nitrogens is 3. The zero-order valence-corrected chi connectivity index (χ0v) is 12.0. The first-order chi connectivity index (χ1) is 10.8. The van der Waals surface area contributed by atoms with Gasteiger partial charge in [-0.2, -0.15) is 13.2 Å². The van der Waals surface area contributed by atoms with Crippen molar-refractivity contribution in [1.82, 2.24) is 14.8 Å². The van der Waals surface area contributed by atoms with Gasteiger partial charge in [0.1, 0.15) is 11.3 Å². The molecule has 0 spiro atoms. The van der Waals surface area contributed by atoms with Crippen molar-refractivity contribution in [3.63, 3.8) is 0 Å². The van der Waals surface area contributed by atoms with Gasteiger partial charge in [-0.05, 0) is 18.6 Å². The van der Waals surface area contributed by atoms with E-state index >= 15 is 0 Å². The van der Waals surface area contributed by atoms with E-state index in [1.54, 1.807) is 0 Å². The fourth-order valence-electron chi connectivity index (χ4n) is 2.01. The van der Waals surface area contributed by atoms with Crippen LogP contribution in [0.3, 0.4) is 0 Å². The van der Waals surface area contributed by atoms with Crippen molar-refractivity contribution in [1.29, 1.82) is 0 Å². The number of aromatic carboxylic acids is 1. The van der Waals surface area contributed by atoms with Crippen LogP contribution in [0.2, 0.25) is 5.15 Å². The minimum atomic E-state index is -4.27. The molecule has 1 aliphatic rings. The third-order valence-corrected chi connectivity index (χ3v) is 3.58. The number of hydrogen-bond donors (Lipinski definition) is 1. The Bertz CT molecular complexity index is 762. The smallest absolute Gasteiger partial charge is 0.395 e. The van der Waals surface area contributed by atoms with Crippen LogP contribution in [-0.4, -0.2) is 38.1 Å². The van der Waals surface area contributed by atoms with Crippen LogP contribution in [0, 0.1) is 5.92 Å². The van der Waals surface area contributed by atoms with Crippen molar-refractivity contribution in [2.45, 2.75) is 18.7 Å². The van der Waals surface area contributed by atoms with Crippen LogP contribution in [-0.2, 0) is 0 Å². The van der Waals surface area contributed by atoms with E-state index in [0.29, 0.717) is 0 Å². The minimum Gasteiger partial charge on any atom is -0.478 e. The van der Waals surface area contributed by atoms with E-state index in [1.807, 2.05) is 0 Å². The number of carboxylic acids is 1. The topological polar surface area (TPSA) is 77.2 Å². The Labute approximate surface area is 132 Å². The van der Waals surface area contributed by atoms with Gasteiger partial charge in [0, 0.05) is 12.3 Å².